The van der Waals surface area contributed by atoms with Gasteiger partial charge in [0.1, 0.15) is 21.7 Å². The number of carbonyl (C=O) groups excluding carboxylic acids is 1. The number of aryl methyl sites for hydroxylation is 1. The van der Waals surface area contributed by atoms with Crippen molar-refractivity contribution < 1.29 is 9.53 Å². The van der Waals surface area contributed by atoms with Gasteiger partial charge in [0, 0.05) is 24.1 Å². The van der Waals surface area contributed by atoms with Crippen LogP contribution in [0.4, 0.5) is 5.69 Å². The summed E-state index contributed by atoms with van der Waals surface area (Å²) in [4.78, 5) is 21.0. The number of anilines is 1. The maximum atomic E-state index is 12.3. The second kappa shape index (κ2) is 8.24. The molecule has 0 radical (unpaired) electrons. The van der Waals surface area contributed by atoms with Gasteiger partial charge in [-0.05, 0) is 49.4 Å². The van der Waals surface area contributed by atoms with Crippen LogP contribution in [0.1, 0.15) is 16.2 Å². The van der Waals surface area contributed by atoms with Crippen LogP contribution >= 0.6 is 34.5 Å². The SMILES string of the molecule is Cc1nc(Oc2ccc(NC(=O)c3cc(Cl)sc3Cl)cc2)cc(-n2cccc2)n1. The van der Waals surface area contributed by atoms with Crippen LogP contribution in [0.25, 0.3) is 5.82 Å². The van der Waals surface area contributed by atoms with Crippen molar-refractivity contribution in [2.24, 2.45) is 0 Å². The summed E-state index contributed by atoms with van der Waals surface area (Å²) in [5, 5.41) is 2.78. The Bertz CT molecular complexity index is 1160. The van der Waals surface area contributed by atoms with Gasteiger partial charge in [-0.15, -0.1) is 11.3 Å². The third kappa shape index (κ3) is 4.59. The number of rotatable bonds is 5. The smallest absolute Gasteiger partial charge is 0.258 e. The Hall–Kier alpha value is -2.87. The number of ether oxygens (including phenoxy) is 1. The van der Waals surface area contributed by atoms with Crippen LogP contribution in [0.2, 0.25) is 8.67 Å². The maximum Gasteiger partial charge on any atom is 0.258 e. The number of hydrogen-bond acceptors (Lipinski definition) is 5. The number of halogens is 2. The molecular weight excluding hydrogens is 431 g/mol. The molecule has 1 N–H and O–H groups in total. The van der Waals surface area contributed by atoms with E-state index in [9.17, 15) is 4.79 Å². The summed E-state index contributed by atoms with van der Waals surface area (Å²) in [5.41, 5.74) is 0.948. The van der Waals surface area contributed by atoms with Crippen molar-refractivity contribution in [2.75, 3.05) is 5.32 Å². The van der Waals surface area contributed by atoms with Gasteiger partial charge in [-0.3, -0.25) is 4.79 Å². The van der Waals surface area contributed by atoms with Crippen molar-refractivity contribution in [2.45, 2.75) is 6.92 Å². The van der Waals surface area contributed by atoms with Gasteiger partial charge in [-0.2, -0.15) is 4.98 Å². The average molecular weight is 445 g/mol. The predicted molar refractivity (Wildman–Crippen MR) is 115 cm³/mol. The summed E-state index contributed by atoms with van der Waals surface area (Å²) in [5.74, 6) is 2.00. The zero-order chi connectivity index (χ0) is 20.4. The predicted octanol–water partition coefficient (Wildman–Crippen LogP) is 5.99. The molecule has 0 saturated heterocycles. The molecule has 3 aromatic heterocycles. The van der Waals surface area contributed by atoms with E-state index in [-0.39, 0.29) is 5.91 Å². The van der Waals surface area contributed by atoms with Gasteiger partial charge in [-0.1, -0.05) is 23.2 Å². The Kier molecular flexibility index (Phi) is 5.53. The largest absolute Gasteiger partial charge is 0.439 e. The first-order chi connectivity index (χ1) is 14.0. The first-order valence-electron chi connectivity index (χ1n) is 8.51. The second-order valence-electron chi connectivity index (χ2n) is 6.02. The Morgan fingerprint density at radius 1 is 1.10 bits per heavy atom. The summed E-state index contributed by atoms with van der Waals surface area (Å²) in [7, 11) is 0. The van der Waals surface area contributed by atoms with E-state index in [0.717, 1.165) is 11.3 Å². The van der Waals surface area contributed by atoms with Gasteiger partial charge in [0.15, 0.2) is 0 Å². The molecule has 9 heteroatoms. The Balaban J connectivity index is 1.47. The second-order valence-corrected chi connectivity index (χ2v) is 8.31. The first kappa shape index (κ1) is 19.4. The number of benzene rings is 1. The topological polar surface area (TPSA) is 69.0 Å². The molecule has 146 valence electrons. The van der Waals surface area contributed by atoms with Crippen molar-refractivity contribution in [3.8, 4) is 17.4 Å². The number of amides is 1. The van der Waals surface area contributed by atoms with Crippen molar-refractivity contribution in [1.82, 2.24) is 14.5 Å². The quantitative estimate of drug-likeness (QED) is 0.410. The minimum atomic E-state index is -0.324. The Morgan fingerprint density at radius 3 is 2.48 bits per heavy atom. The number of nitrogens with zero attached hydrogens (tertiary/aromatic N) is 3. The van der Waals surface area contributed by atoms with E-state index in [4.69, 9.17) is 27.9 Å². The third-order valence-corrected chi connectivity index (χ3v) is 5.39. The summed E-state index contributed by atoms with van der Waals surface area (Å²) in [6, 6.07) is 14.1. The lowest BCUT2D eigenvalue weighted by molar-refractivity contribution is 0.102. The molecule has 4 rings (SSSR count). The lowest BCUT2D eigenvalue weighted by Crippen LogP contribution is -2.11. The van der Waals surface area contributed by atoms with Crippen LogP contribution < -0.4 is 10.1 Å². The van der Waals surface area contributed by atoms with E-state index in [0.29, 0.717) is 43.2 Å². The molecule has 0 fully saturated rings. The van der Waals surface area contributed by atoms with Crippen LogP contribution in [0.15, 0.2) is 60.9 Å². The van der Waals surface area contributed by atoms with Crippen molar-refractivity contribution in [3.63, 3.8) is 0 Å². The molecule has 0 spiro atoms. The summed E-state index contributed by atoms with van der Waals surface area (Å²) in [6.07, 6.45) is 3.80. The molecule has 0 atom stereocenters. The van der Waals surface area contributed by atoms with Crippen LogP contribution in [-0.2, 0) is 0 Å². The van der Waals surface area contributed by atoms with Crippen molar-refractivity contribution >= 4 is 46.1 Å². The maximum absolute atomic E-state index is 12.3. The van der Waals surface area contributed by atoms with E-state index in [1.54, 1.807) is 43.3 Å². The lowest BCUT2D eigenvalue weighted by atomic mass is 10.2. The van der Waals surface area contributed by atoms with Crippen molar-refractivity contribution in [3.05, 3.63) is 81.0 Å². The Labute approximate surface area is 180 Å². The molecule has 1 aromatic carbocycles. The minimum Gasteiger partial charge on any atom is -0.439 e. The fourth-order valence-corrected chi connectivity index (χ4v) is 4.08. The molecule has 0 saturated carbocycles. The normalized spacial score (nSPS) is 10.7. The number of aromatic nitrogens is 3. The minimum absolute atomic E-state index is 0.324. The number of hydrogen-bond donors (Lipinski definition) is 1. The highest BCUT2D eigenvalue weighted by Crippen LogP contribution is 2.32. The summed E-state index contributed by atoms with van der Waals surface area (Å²) >= 11 is 13.1. The fraction of sp³-hybridized carbons (Fsp3) is 0.0500. The van der Waals surface area contributed by atoms with Gasteiger partial charge in [0.05, 0.1) is 9.90 Å². The van der Waals surface area contributed by atoms with Crippen molar-refractivity contribution in [1.29, 1.82) is 0 Å². The van der Waals surface area contributed by atoms with E-state index in [1.807, 2.05) is 29.1 Å². The highest BCUT2D eigenvalue weighted by atomic mass is 35.5. The standard InChI is InChI=1S/C20H14Cl2N4O2S/c1-12-23-17(26-8-2-3-9-26)11-18(24-12)28-14-6-4-13(5-7-14)25-20(27)15-10-16(21)29-19(15)22/h2-11H,1H3,(H,25,27). The zero-order valence-electron chi connectivity index (χ0n) is 15.1. The molecule has 0 aliphatic carbocycles. The van der Waals surface area contributed by atoms with E-state index in [1.165, 1.54) is 0 Å². The molecule has 29 heavy (non-hydrogen) atoms. The van der Waals surface area contributed by atoms with Crippen LogP contribution in [-0.4, -0.2) is 20.4 Å². The van der Waals surface area contributed by atoms with Crippen LogP contribution in [0.5, 0.6) is 11.6 Å². The zero-order valence-corrected chi connectivity index (χ0v) is 17.4. The summed E-state index contributed by atoms with van der Waals surface area (Å²) < 4.78 is 8.54. The molecule has 0 bridgehead atoms. The highest BCUT2D eigenvalue weighted by Gasteiger charge is 2.14. The first-order valence-corrected chi connectivity index (χ1v) is 10.1. The third-order valence-electron chi connectivity index (χ3n) is 3.91. The average Bonchev–Trinajstić information content (AvgIpc) is 3.32. The number of thiophene rings is 1. The fourth-order valence-electron chi connectivity index (χ4n) is 2.62. The molecule has 6 nitrogen and oxygen atoms in total. The van der Waals surface area contributed by atoms with Gasteiger partial charge in [0.2, 0.25) is 5.88 Å². The molecule has 3 heterocycles. The molecule has 1 amide bonds. The van der Waals surface area contributed by atoms with E-state index in [2.05, 4.69) is 15.3 Å². The van der Waals surface area contributed by atoms with E-state index >= 15 is 0 Å². The van der Waals surface area contributed by atoms with Crippen LogP contribution in [0.3, 0.4) is 0 Å². The lowest BCUT2D eigenvalue weighted by Gasteiger charge is -2.09. The van der Waals surface area contributed by atoms with Gasteiger partial charge >= 0.3 is 0 Å². The molecule has 0 aliphatic heterocycles. The molecular formula is C20H14Cl2N4O2S. The van der Waals surface area contributed by atoms with Gasteiger partial charge < -0.3 is 14.6 Å². The number of carbonyl (C=O) groups is 1. The molecule has 0 unspecified atom stereocenters. The van der Waals surface area contributed by atoms with Gasteiger partial charge in [0.25, 0.3) is 5.91 Å². The molecule has 0 aliphatic rings. The summed E-state index contributed by atoms with van der Waals surface area (Å²) in [6.45, 7) is 1.81. The molecule has 4 aromatic rings. The monoisotopic (exact) mass is 444 g/mol. The van der Waals surface area contributed by atoms with E-state index < -0.39 is 0 Å². The number of nitrogens with one attached hydrogen (secondary N) is 1. The highest BCUT2D eigenvalue weighted by molar-refractivity contribution is 7.20. The van der Waals surface area contributed by atoms with Crippen LogP contribution in [0, 0.1) is 6.92 Å². The van der Waals surface area contributed by atoms with Gasteiger partial charge in [-0.25, -0.2) is 4.98 Å². The Morgan fingerprint density at radius 2 is 1.83 bits per heavy atom.